The first kappa shape index (κ1) is 13.6. The molecule has 0 bridgehead atoms. The van der Waals surface area contributed by atoms with Crippen LogP contribution in [0.4, 0.5) is 8.78 Å². The van der Waals surface area contributed by atoms with Crippen LogP contribution in [0.3, 0.4) is 0 Å². The van der Waals surface area contributed by atoms with Gasteiger partial charge >= 0.3 is 0 Å². The quantitative estimate of drug-likeness (QED) is 0.826. The summed E-state index contributed by atoms with van der Waals surface area (Å²) in [5.74, 6) is -3.70. The van der Waals surface area contributed by atoms with Crippen LogP contribution < -0.4 is 10.5 Å². The minimum Gasteiger partial charge on any atom is -0.496 e. The molecule has 1 aromatic rings. The van der Waals surface area contributed by atoms with Gasteiger partial charge in [0, 0.05) is 12.5 Å². The lowest BCUT2D eigenvalue weighted by Gasteiger charge is -2.19. The number of alkyl halides is 2. The Morgan fingerprint density at radius 3 is 2.47 bits per heavy atom. The number of methoxy groups -OCH3 is 1. The van der Waals surface area contributed by atoms with Gasteiger partial charge in [0.2, 0.25) is 0 Å². The van der Waals surface area contributed by atoms with Crippen LogP contribution >= 0.6 is 0 Å². The summed E-state index contributed by atoms with van der Waals surface area (Å²) < 4.78 is 31.9. The summed E-state index contributed by atoms with van der Waals surface area (Å²) >= 11 is 0. The van der Waals surface area contributed by atoms with E-state index in [4.69, 9.17) is 10.5 Å². The number of ketones is 1. The predicted octanol–water partition coefficient (Wildman–Crippen LogP) is 2.34. The highest BCUT2D eigenvalue weighted by Crippen LogP contribution is 2.37. The molecule has 0 aliphatic carbocycles. The summed E-state index contributed by atoms with van der Waals surface area (Å²) in [4.78, 5) is 11.8. The fourth-order valence-corrected chi connectivity index (χ4v) is 1.60. The van der Waals surface area contributed by atoms with Gasteiger partial charge in [-0.15, -0.1) is 0 Å². The number of nitrogens with two attached hydrogens (primary N) is 1. The molecule has 17 heavy (non-hydrogen) atoms. The summed E-state index contributed by atoms with van der Waals surface area (Å²) in [5, 5.41) is 0. The lowest BCUT2D eigenvalue weighted by atomic mass is 9.95. The van der Waals surface area contributed by atoms with Crippen molar-refractivity contribution in [3.05, 3.63) is 29.3 Å². The van der Waals surface area contributed by atoms with Crippen molar-refractivity contribution in [1.29, 1.82) is 0 Å². The van der Waals surface area contributed by atoms with Gasteiger partial charge in [-0.2, -0.15) is 0 Å². The summed E-state index contributed by atoms with van der Waals surface area (Å²) in [6, 6.07) is 3.39. The lowest BCUT2D eigenvalue weighted by molar-refractivity contribution is 0.0140. The van der Waals surface area contributed by atoms with Crippen molar-refractivity contribution in [2.45, 2.75) is 25.8 Å². The van der Waals surface area contributed by atoms with Crippen LogP contribution in [-0.4, -0.2) is 18.9 Å². The summed E-state index contributed by atoms with van der Waals surface area (Å²) in [7, 11) is 1.28. The molecule has 1 aromatic carbocycles. The van der Waals surface area contributed by atoms with Crippen molar-refractivity contribution in [3.8, 4) is 5.75 Å². The van der Waals surface area contributed by atoms with E-state index in [1.165, 1.54) is 32.2 Å². The Labute approximate surface area is 98.6 Å². The van der Waals surface area contributed by atoms with Gasteiger partial charge in [0.15, 0.2) is 5.78 Å². The number of rotatable bonds is 4. The number of carbonyl (C=O) groups is 1. The first-order valence-electron chi connectivity index (χ1n) is 5.14. The molecule has 1 unspecified atom stereocenters. The molecule has 0 saturated heterocycles. The Kier molecular flexibility index (Phi) is 3.83. The van der Waals surface area contributed by atoms with E-state index in [-0.39, 0.29) is 11.3 Å². The third kappa shape index (κ3) is 2.79. The third-order valence-corrected chi connectivity index (χ3v) is 2.36. The molecule has 2 N–H and O–H groups in total. The van der Waals surface area contributed by atoms with Gasteiger partial charge in [0.05, 0.1) is 18.7 Å². The normalized spacial score (nSPS) is 13.3. The summed E-state index contributed by atoms with van der Waals surface area (Å²) in [5.41, 5.74) is 4.93. The maximum Gasteiger partial charge on any atom is 0.274 e. The van der Waals surface area contributed by atoms with Crippen molar-refractivity contribution in [1.82, 2.24) is 0 Å². The van der Waals surface area contributed by atoms with Crippen molar-refractivity contribution in [2.24, 2.45) is 5.73 Å². The maximum atomic E-state index is 13.5. The predicted molar refractivity (Wildman–Crippen MR) is 60.5 cm³/mol. The van der Waals surface area contributed by atoms with Gasteiger partial charge < -0.3 is 10.5 Å². The first-order chi connectivity index (χ1) is 7.79. The molecular formula is C12H15F2NO2. The van der Waals surface area contributed by atoms with E-state index >= 15 is 0 Å². The molecule has 0 fully saturated rings. The van der Waals surface area contributed by atoms with Gasteiger partial charge in [0.25, 0.3) is 5.92 Å². The van der Waals surface area contributed by atoms with E-state index in [1.54, 1.807) is 0 Å². The number of ether oxygens (including phenoxy) is 1. The molecule has 5 heteroatoms. The van der Waals surface area contributed by atoms with Crippen LogP contribution in [0.25, 0.3) is 0 Å². The Bertz CT molecular complexity index is 425. The Balaban J connectivity index is 3.45. The zero-order valence-corrected chi connectivity index (χ0v) is 9.96. The molecule has 0 aliphatic heterocycles. The van der Waals surface area contributed by atoms with E-state index in [2.05, 4.69) is 0 Å². The Morgan fingerprint density at radius 1 is 1.47 bits per heavy atom. The second-order valence-electron chi connectivity index (χ2n) is 3.92. The molecule has 1 atom stereocenters. The average molecular weight is 243 g/mol. The average Bonchev–Trinajstić information content (AvgIpc) is 2.25. The Morgan fingerprint density at radius 2 is 2.06 bits per heavy atom. The number of Topliss-reactive ketones (excluding diaryl/α,β-unsaturated/α-hetero) is 1. The Hall–Kier alpha value is -1.49. The smallest absolute Gasteiger partial charge is 0.274 e. The number of hydrogen-bond acceptors (Lipinski definition) is 3. The van der Waals surface area contributed by atoms with Gasteiger partial charge in [0.1, 0.15) is 5.75 Å². The van der Waals surface area contributed by atoms with Crippen LogP contribution in [0.1, 0.15) is 29.8 Å². The fraction of sp³-hybridized carbons (Fsp3) is 0.417. The first-order valence-corrected chi connectivity index (χ1v) is 5.14. The molecule has 0 radical (unpaired) electrons. The standard InChI is InChI=1S/C12H15F2NO2/c1-7(15)11(16)8-5-4-6-9(17-3)10(8)12(2,13)14/h4-7H,15H2,1-3H3. The summed E-state index contributed by atoms with van der Waals surface area (Å²) in [6.45, 7) is 2.18. The second kappa shape index (κ2) is 4.79. The van der Waals surface area contributed by atoms with Crippen molar-refractivity contribution in [3.63, 3.8) is 0 Å². The number of carbonyl (C=O) groups excluding carboxylic acids is 1. The van der Waals surface area contributed by atoms with Gasteiger partial charge in [-0.1, -0.05) is 12.1 Å². The molecule has 0 aromatic heterocycles. The van der Waals surface area contributed by atoms with Crippen LogP contribution in [0, 0.1) is 0 Å². The molecule has 94 valence electrons. The topological polar surface area (TPSA) is 52.3 Å². The van der Waals surface area contributed by atoms with Gasteiger partial charge in [-0.3, -0.25) is 4.79 Å². The van der Waals surface area contributed by atoms with Crippen LogP contribution in [0.15, 0.2) is 18.2 Å². The van der Waals surface area contributed by atoms with Crippen molar-refractivity contribution in [2.75, 3.05) is 7.11 Å². The van der Waals surface area contributed by atoms with E-state index in [0.29, 0.717) is 0 Å². The number of hydrogen-bond donors (Lipinski definition) is 1. The highest BCUT2D eigenvalue weighted by Gasteiger charge is 2.34. The highest BCUT2D eigenvalue weighted by atomic mass is 19.3. The number of halogens is 2. The molecule has 3 nitrogen and oxygen atoms in total. The SMILES string of the molecule is COc1cccc(C(=O)C(C)N)c1C(C)(F)F. The lowest BCUT2D eigenvalue weighted by Crippen LogP contribution is -2.29. The second-order valence-corrected chi connectivity index (χ2v) is 3.92. The molecule has 0 aliphatic rings. The molecule has 1 rings (SSSR count). The molecule has 0 saturated carbocycles. The largest absolute Gasteiger partial charge is 0.496 e. The van der Waals surface area contributed by atoms with Crippen molar-refractivity contribution < 1.29 is 18.3 Å². The monoisotopic (exact) mass is 243 g/mol. The van der Waals surface area contributed by atoms with Crippen LogP contribution in [0.2, 0.25) is 0 Å². The molecule has 0 heterocycles. The van der Waals surface area contributed by atoms with Gasteiger partial charge in [-0.05, 0) is 13.0 Å². The van der Waals surface area contributed by atoms with Crippen molar-refractivity contribution >= 4 is 5.78 Å². The van der Waals surface area contributed by atoms with E-state index in [1.807, 2.05) is 0 Å². The zero-order chi connectivity index (χ0) is 13.2. The highest BCUT2D eigenvalue weighted by molar-refractivity contribution is 6.01. The van der Waals surface area contributed by atoms with Crippen LogP contribution in [0.5, 0.6) is 5.75 Å². The van der Waals surface area contributed by atoms with E-state index in [0.717, 1.165) is 6.92 Å². The minimum atomic E-state index is -3.16. The summed E-state index contributed by atoms with van der Waals surface area (Å²) in [6.07, 6.45) is 0. The minimum absolute atomic E-state index is 0.0102. The third-order valence-electron chi connectivity index (χ3n) is 2.36. The van der Waals surface area contributed by atoms with Crippen LogP contribution in [-0.2, 0) is 5.92 Å². The fourth-order valence-electron chi connectivity index (χ4n) is 1.60. The molecular weight excluding hydrogens is 228 g/mol. The van der Waals surface area contributed by atoms with E-state index < -0.39 is 23.3 Å². The zero-order valence-electron chi connectivity index (χ0n) is 9.96. The number of benzene rings is 1. The maximum absolute atomic E-state index is 13.5. The van der Waals surface area contributed by atoms with E-state index in [9.17, 15) is 13.6 Å². The molecule has 0 spiro atoms. The molecule has 0 amide bonds. The van der Waals surface area contributed by atoms with Gasteiger partial charge in [-0.25, -0.2) is 8.78 Å².